The lowest BCUT2D eigenvalue weighted by Gasteiger charge is -2.17. The van der Waals surface area contributed by atoms with Gasteiger partial charge in [-0.1, -0.05) is 30.3 Å². The normalized spacial score (nSPS) is 12.4. The van der Waals surface area contributed by atoms with Gasteiger partial charge in [-0.3, -0.25) is 0 Å². The summed E-state index contributed by atoms with van der Waals surface area (Å²) in [5.41, 5.74) is 2.39. The molecule has 1 atom stereocenters. The van der Waals surface area contributed by atoms with Crippen molar-refractivity contribution >= 4 is 27.3 Å². The third kappa shape index (κ3) is 7.22. The molecule has 0 radical (unpaired) electrons. The summed E-state index contributed by atoms with van der Waals surface area (Å²) in [5, 5.41) is 7.80. The van der Waals surface area contributed by atoms with E-state index < -0.39 is 22.3 Å². The van der Waals surface area contributed by atoms with Gasteiger partial charge in [-0.15, -0.1) is 0 Å². The summed E-state index contributed by atoms with van der Waals surface area (Å²) in [7, 11) is -2.14. The third-order valence-electron chi connectivity index (χ3n) is 4.77. The molecular weight excluding hydrogens is 434 g/mol. The lowest BCUT2D eigenvalue weighted by Crippen LogP contribution is -2.32. The lowest BCUT2D eigenvalue weighted by molar-refractivity contribution is 0.134. The number of fused-ring (bicyclic) bond motifs is 1. The van der Waals surface area contributed by atoms with Gasteiger partial charge in [-0.05, 0) is 37.0 Å². The number of benzene rings is 2. The summed E-state index contributed by atoms with van der Waals surface area (Å²) in [6, 6.07) is 14.4. The monoisotopic (exact) mass is 461 g/mol. The molecule has 0 unspecified atom stereocenters. The molecule has 0 fully saturated rings. The highest BCUT2D eigenvalue weighted by molar-refractivity contribution is 7.87. The van der Waals surface area contributed by atoms with Gasteiger partial charge in [-0.2, -0.15) is 8.42 Å². The van der Waals surface area contributed by atoms with Crippen molar-refractivity contribution in [2.75, 3.05) is 13.7 Å². The van der Waals surface area contributed by atoms with Crippen LogP contribution in [0.25, 0.3) is 11.0 Å². The van der Waals surface area contributed by atoms with E-state index in [1.807, 2.05) is 42.5 Å². The molecular formula is C21H27N5O5S. The number of rotatable bonds is 11. The van der Waals surface area contributed by atoms with Gasteiger partial charge in [-0.25, -0.2) is 19.6 Å². The fraction of sp³-hybridized carbons (Fsp3) is 0.333. The zero-order valence-corrected chi connectivity index (χ0v) is 18.5. The Bertz CT molecular complexity index is 1130. The largest absolute Gasteiger partial charge is 0.497 e. The number of aromatic nitrogens is 2. The Morgan fingerprint density at radius 3 is 2.69 bits per heavy atom. The number of hydrogen-bond acceptors (Lipinski definition) is 6. The molecule has 1 heterocycles. The summed E-state index contributed by atoms with van der Waals surface area (Å²) in [4.78, 5) is 20.2. The second-order valence-corrected chi connectivity index (χ2v) is 8.58. The van der Waals surface area contributed by atoms with E-state index in [1.54, 1.807) is 13.2 Å². The van der Waals surface area contributed by atoms with Crippen molar-refractivity contribution in [2.24, 2.45) is 5.14 Å². The van der Waals surface area contributed by atoms with E-state index in [0.717, 1.165) is 11.1 Å². The Kier molecular flexibility index (Phi) is 8.03. The van der Waals surface area contributed by atoms with Crippen LogP contribution in [0.5, 0.6) is 5.75 Å². The maximum Gasteiger partial charge on any atom is 0.408 e. The van der Waals surface area contributed by atoms with Crippen LogP contribution in [0.15, 0.2) is 48.5 Å². The van der Waals surface area contributed by atoms with Crippen molar-refractivity contribution in [3.8, 4) is 5.75 Å². The van der Waals surface area contributed by atoms with Crippen molar-refractivity contribution in [3.63, 3.8) is 0 Å². The van der Waals surface area contributed by atoms with Crippen molar-refractivity contribution in [3.05, 3.63) is 59.9 Å². The number of nitrogens with two attached hydrogens (primary N) is 1. The van der Waals surface area contributed by atoms with Gasteiger partial charge < -0.3 is 19.8 Å². The maximum absolute atomic E-state index is 12.4. The summed E-state index contributed by atoms with van der Waals surface area (Å²) in [6.07, 6.45) is 1.11. The van der Waals surface area contributed by atoms with Gasteiger partial charge in [0.1, 0.15) is 18.2 Å². The van der Waals surface area contributed by atoms with Crippen LogP contribution in [0, 0.1) is 0 Å². The molecule has 5 N–H and O–H groups in total. The Morgan fingerprint density at radius 1 is 1.19 bits per heavy atom. The average Bonchev–Trinajstić information content (AvgIpc) is 3.19. The predicted octanol–water partition coefficient (Wildman–Crippen LogP) is 2.50. The number of hydrogen-bond donors (Lipinski definition) is 4. The van der Waals surface area contributed by atoms with Gasteiger partial charge >= 0.3 is 6.09 Å². The fourth-order valence-corrected chi connectivity index (χ4v) is 3.60. The van der Waals surface area contributed by atoms with Gasteiger partial charge in [0.2, 0.25) is 0 Å². The Balaban J connectivity index is 1.66. The fourth-order valence-electron chi connectivity index (χ4n) is 3.17. The van der Waals surface area contributed by atoms with E-state index in [0.29, 0.717) is 36.4 Å². The molecule has 3 aromatic rings. The molecule has 11 heteroatoms. The number of carbonyl (C=O) groups is 1. The van der Waals surface area contributed by atoms with Crippen LogP contribution in [0.2, 0.25) is 0 Å². The number of methoxy groups -OCH3 is 1. The lowest BCUT2D eigenvalue weighted by atomic mass is 10.1. The number of aromatic amines is 1. The number of imidazole rings is 1. The molecule has 32 heavy (non-hydrogen) atoms. The number of carbonyl (C=O) groups excluding carboxylic acids is 1. The van der Waals surface area contributed by atoms with Gasteiger partial charge in [0.15, 0.2) is 0 Å². The van der Waals surface area contributed by atoms with Crippen LogP contribution in [0.4, 0.5) is 4.79 Å². The number of alkyl carbamates (subject to hydrolysis) is 1. The van der Waals surface area contributed by atoms with Crippen LogP contribution >= 0.6 is 0 Å². The minimum atomic E-state index is -3.72. The number of unbranched alkanes of at least 4 members (excludes halogenated alkanes) is 1. The summed E-state index contributed by atoms with van der Waals surface area (Å²) >= 11 is 0. The van der Waals surface area contributed by atoms with E-state index in [1.165, 1.54) is 0 Å². The molecule has 10 nitrogen and oxygen atoms in total. The van der Waals surface area contributed by atoms with Crippen LogP contribution in [-0.2, 0) is 21.6 Å². The van der Waals surface area contributed by atoms with E-state index >= 15 is 0 Å². The highest BCUT2D eigenvalue weighted by Gasteiger charge is 2.19. The number of amides is 1. The first-order valence-corrected chi connectivity index (χ1v) is 11.7. The molecule has 0 aliphatic rings. The smallest absolute Gasteiger partial charge is 0.408 e. The van der Waals surface area contributed by atoms with E-state index in [-0.39, 0.29) is 13.2 Å². The molecule has 1 amide bonds. The van der Waals surface area contributed by atoms with Crippen molar-refractivity contribution in [1.82, 2.24) is 20.0 Å². The predicted molar refractivity (Wildman–Crippen MR) is 120 cm³/mol. The quantitative estimate of drug-likeness (QED) is 0.322. The molecule has 0 saturated carbocycles. The van der Waals surface area contributed by atoms with Crippen LogP contribution in [-0.4, -0.2) is 38.1 Å². The number of nitrogens with one attached hydrogen (secondary N) is 3. The zero-order valence-electron chi connectivity index (χ0n) is 17.7. The van der Waals surface area contributed by atoms with E-state index in [2.05, 4.69) is 20.0 Å². The molecule has 0 aliphatic carbocycles. The standard InChI is InChI=1S/C21H27N5O5S/c1-30-16-10-11-17-19(13-16)25-20(24-17)18(9-5-6-12-23-32(22,28)29)26-21(27)31-14-15-7-3-2-4-8-15/h2-4,7-8,10-11,13,18,23H,5-6,9,12,14H2,1H3,(H,24,25)(H,26,27)(H2,22,28,29)/t18-/m0/s1. The van der Waals surface area contributed by atoms with Gasteiger partial charge in [0.25, 0.3) is 10.2 Å². The Morgan fingerprint density at radius 2 is 1.97 bits per heavy atom. The summed E-state index contributed by atoms with van der Waals surface area (Å²) < 4.78 is 34.8. The molecule has 0 saturated heterocycles. The van der Waals surface area contributed by atoms with Gasteiger partial charge in [0, 0.05) is 12.6 Å². The molecule has 172 valence electrons. The Hall–Kier alpha value is -3.15. The molecule has 0 bridgehead atoms. The topological polar surface area (TPSA) is 148 Å². The molecule has 3 rings (SSSR count). The highest BCUT2D eigenvalue weighted by Crippen LogP contribution is 2.23. The number of nitrogens with zero attached hydrogens (tertiary/aromatic N) is 1. The van der Waals surface area contributed by atoms with Crippen LogP contribution in [0.1, 0.15) is 36.7 Å². The maximum atomic E-state index is 12.4. The molecule has 0 spiro atoms. The first-order valence-electron chi connectivity index (χ1n) is 10.1. The molecule has 1 aromatic heterocycles. The van der Waals surface area contributed by atoms with Crippen molar-refractivity contribution in [1.29, 1.82) is 0 Å². The first-order chi connectivity index (χ1) is 15.3. The van der Waals surface area contributed by atoms with E-state index in [4.69, 9.17) is 14.6 Å². The molecule has 2 aromatic carbocycles. The number of ether oxygens (including phenoxy) is 2. The SMILES string of the molecule is COc1ccc2[nH]c([C@H](CCCCNS(N)(=O)=O)NC(=O)OCc3ccccc3)nc2c1. The Labute approximate surface area is 186 Å². The zero-order chi connectivity index (χ0) is 23.0. The summed E-state index contributed by atoms with van der Waals surface area (Å²) in [6.45, 7) is 0.357. The minimum Gasteiger partial charge on any atom is -0.497 e. The molecule has 0 aliphatic heterocycles. The van der Waals surface area contributed by atoms with Crippen LogP contribution in [0.3, 0.4) is 0 Å². The van der Waals surface area contributed by atoms with Crippen molar-refractivity contribution in [2.45, 2.75) is 31.9 Å². The van der Waals surface area contributed by atoms with Crippen molar-refractivity contribution < 1.29 is 22.7 Å². The van der Waals surface area contributed by atoms with E-state index in [9.17, 15) is 13.2 Å². The first kappa shape index (κ1) is 23.5. The number of H-pyrrole nitrogens is 1. The average molecular weight is 462 g/mol. The highest BCUT2D eigenvalue weighted by atomic mass is 32.2. The second kappa shape index (κ2) is 10.9. The van der Waals surface area contributed by atoms with Crippen LogP contribution < -0.4 is 19.9 Å². The third-order valence-corrected chi connectivity index (χ3v) is 5.37. The minimum absolute atomic E-state index is 0.148. The second-order valence-electron chi connectivity index (χ2n) is 7.20. The van der Waals surface area contributed by atoms with Gasteiger partial charge in [0.05, 0.1) is 24.2 Å². The summed E-state index contributed by atoms with van der Waals surface area (Å²) in [5.74, 6) is 1.25.